The monoisotopic (exact) mass is 558 g/mol. The van der Waals surface area contributed by atoms with E-state index in [4.69, 9.17) is 0 Å². The summed E-state index contributed by atoms with van der Waals surface area (Å²) in [5.74, 6) is 0. The minimum absolute atomic E-state index is 1.33. The Hall–Kier alpha value is -2.70. The zero-order valence-electron chi connectivity index (χ0n) is 16.3. The van der Waals surface area contributed by atoms with Crippen molar-refractivity contribution in [2.45, 2.75) is 0 Å². The minimum atomic E-state index is -1.60. The molecule has 0 nitrogen and oxygen atoms in total. The van der Waals surface area contributed by atoms with Crippen LogP contribution in [0.1, 0.15) is 22.3 Å². The van der Waals surface area contributed by atoms with Gasteiger partial charge < -0.3 is 0 Å². The standard InChI is InChI=1S/C28H20.Hg/c1-5-13-23(14-6-1)21-27(25-17-9-3-10-18-25)28(26-19-11-4-12-20-26)22-24-15-7-2-8-16-24;/h1-20H;. The van der Waals surface area contributed by atoms with Crippen LogP contribution in [0, 0.1) is 0 Å². The number of rotatable bonds is 4. The summed E-state index contributed by atoms with van der Waals surface area (Å²) >= 11 is -1.60. The van der Waals surface area contributed by atoms with Crippen molar-refractivity contribution in [1.82, 2.24) is 0 Å². The van der Waals surface area contributed by atoms with Crippen molar-refractivity contribution in [3.8, 4) is 0 Å². The normalized spacial score (nSPS) is 13.2. The number of hydrogen-bond donors (Lipinski definition) is 0. The fourth-order valence-corrected chi connectivity index (χ4v) is 13.4. The van der Waals surface area contributed by atoms with Gasteiger partial charge in [0.25, 0.3) is 0 Å². The Balaban J connectivity index is 1.81. The molecule has 0 aliphatic carbocycles. The number of allylic oxidation sites excluding steroid dienone is 2. The van der Waals surface area contributed by atoms with Gasteiger partial charge in [0.05, 0.1) is 0 Å². The zero-order valence-corrected chi connectivity index (χ0v) is 21.8. The number of hydrogen-bond acceptors (Lipinski definition) is 0. The van der Waals surface area contributed by atoms with Crippen molar-refractivity contribution in [3.63, 3.8) is 0 Å². The number of benzene rings is 4. The molecule has 0 saturated heterocycles. The van der Waals surface area contributed by atoms with E-state index in [1.807, 2.05) is 0 Å². The second-order valence-corrected chi connectivity index (χ2v) is 14.2. The zero-order chi connectivity index (χ0) is 19.5. The predicted molar refractivity (Wildman–Crippen MR) is 119 cm³/mol. The molecule has 1 heterocycles. The van der Waals surface area contributed by atoms with Crippen LogP contribution in [0.4, 0.5) is 0 Å². The van der Waals surface area contributed by atoms with Gasteiger partial charge in [0.15, 0.2) is 0 Å². The molecule has 134 valence electrons. The summed E-state index contributed by atoms with van der Waals surface area (Å²) < 4.78 is 3.24. The average molecular weight is 557 g/mol. The van der Waals surface area contributed by atoms with Crippen LogP contribution < -0.4 is 0 Å². The first-order valence-electron chi connectivity index (χ1n) is 10.1. The van der Waals surface area contributed by atoms with Gasteiger partial charge in [-0.1, -0.05) is 0 Å². The topological polar surface area (TPSA) is 0 Å². The van der Waals surface area contributed by atoms with Crippen LogP contribution in [0.15, 0.2) is 121 Å². The molecular formula is C28H20Hg. The fraction of sp³-hybridized carbons (Fsp3) is 0. The van der Waals surface area contributed by atoms with Gasteiger partial charge in [-0.15, -0.1) is 0 Å². The second-order valence-electron chi connectivity index (χ2n) is 7.35. The molecule has 0 atom stereocenters. The van der Waals surface area contributed by atoms with Gasteiger partial charge in [0.2, 0.25) is 0 Å². The molecule has 0 N–H and O–H groups in total. The molecule has 0 amide bonds. The van der Waals surface area contributed by atoms with E-state index in [1.165, 1.54) is 33.4 Å². The third-order valence-corrected chi connectivity index (χ3v) is 14.2. The molecule has 0 bridgehead atoms. The van der Waals surface area contributed by atoms with Crippen LogP contribution in [-0.4, -0.2) is 0 Å². The van der Waals surface area contributed by atoms with Crippen LogP contribution >= 0.6 is 0 Å². The predicted octanol–water partition coefficient (Wildman–Crippen LogP) is 7.22. The van der Waals surface area contributed by atoms with Gasteiger partial charge in [-0.05, 0) is 0 Å². The summed E-state index contributed by atoms with van der Waals surface area (Å²) in [6.45, 7) is 0. The molecule has 0 unspecified atom stereocenters. The molecule has 0 fully saturated rings. The summed E-state index contributed by atoms with van der Waals surface area (Å²) in [7, 11) is 0. The first-order chi connectivity index (χ1) is 14.4. The van der Waals surface area contributed by atoms with Gasteiger partial charge in [-0.3, -0.25) is 0 Å². The van der Waals surface area contributed by atoms with Gasteiger partial charge in [-0.25, -0.2) is 0 Å². The van der Waals surface area contributed by atoms with Crippen molar-refractivity contribution >= 4 is 17.3 Å². The quantitative estimate of drug-likeness (QED) is 0.233. The van der Waals surface area contributed by atoms with Gasteiger partial charge >= 0.3 is 185 Å². The first-order valence-corrected chi connectivity index (χ1v) is 15.6. The molecule has 1 aliphatic heterocycles. The van der Waals surface area contributed by atoms with E-state index < -0.39 is 24.6 Å². The van der Waals surface area contributed by atoms with Crippen LogP contribution in [0.25, 0.3) is 17.3 Å². The fourth-order valence-electron chi connectivity index (χ4n) is 4.27. The third-order valence-electron chi connectivity index (χ3n) is 5.58. The van der Waals surface area contributed by atoms with Gasteiger partial charge in [-0.2, -0.15) is 0 Å². The van der Waals surface area contributed by atoms with E-state index in [0.29, 0.717) is 0 Å². The molecule has 4 aromatic rings. The summed E-state index contributed by atoms with van der Waals surface area (Å²) in [4.78, 5) is 0. The summed E-state index contributed by atoms with van der Waals surface area (Å²) in [5.41, 5.74) is 8.35. The van der Waals surface area contributed by atoms with Crippen molar-refractivity contribution < 1.29 is 24.6 Å². The SMILES string of the molecule is c1ccc([C]2=C(c3ccccc3)C(c3ccccc3)=[C](c3ccccc3)[Hg]2)cc1. The Morgan fingerprint density at radius 1 is 0.310 bits per heavy atom. The van der Waals surface area contributed by atoms with Crippen LogP contribution in [0.3, 0.4) is 0 Å². The Bertz CT molecular complexity index is 1080. The van der Waals surface area contributed by atoms with E-state index in [0.717, 1.165) is 0 Å². The molecule has 5 rings (SSSR count). The van der Waals surface area contributed by atoms with Crippen LogP contribution in [-0.2, 0) is 24.6 Å². The van der Waals surface area contributed by atoms with Crippen LogP contribution in [0.2, 0.25) is 0 Å². The van der Waals surface area contributed by atoms with Gasteiger partial charge in [0, 0.05) is 0 Å². The van der Waals surface area contributed by atoms with E-state index in [1.54, 1.807) is 6.16 Å². The Morgan fingerprint density at radius 3 is 0.897 bits per heavy atom. The molecule has 0 radical (unpaired) electrons. The van der Waals surface area contributed by atoms with E-state index in [2.05, 4.69) is 121 Å². The van der Waals surface area contributed by atoms with Gasteiger partial charge in [0.1, 0.15) is 0 Å². The second kappa shape index (κ2) is 8.35. The summed E-state index contributed by atoms with van der Waals surface area (Å²) in [5, 5.41) is 0. The van der Waals surface area contributed by atoms with Crippen molar-refractivity contribution in [2.75, 3.05) is 0 Å². The molecule has 1 aliphatic rings. The Labute approximate surface area is 184 Å². The van der Waals surface area contributed by atoms with E-state index >= 15 is 0 Å². The summed E-state index contributed by atoms with van der Waals surface area (Å²) in [6.07, 6.45) is 0. The van der Waals surface area contributed by atoms with E-state index in [9.17, 15) is 0 Å². The Kier molecular flexibility index (Phi) is 5.28. The molecule has 0 saturated carbocycles. The summed E-state index contributed by atoms with van der Waals surface area (Å²) in [6, 6.07) is 44.0. The Morgan fingerprint density at radius 2 is 0.586 bits per heavy atom. The maximum atomic E-state index is 2.29. The molecule has 0 spiro atoms. The molecule has 1 heteroatoms. The van der Waals surface area contributed by atoms with E-state index in [-0.39, 0.29) is 0 Å². The molecule has 29 heavy (non-hydrogen) atoms. The molecule has 0 aromatic heterocycles. The van der Waals surface area contributed by atoms with Crippen molar-refractivity contribution in [3.05, 3.63) is 144 Å². The third kappa shape index (κ3) is 3.65. The van der Waals surface area contributed by atoms with Crippen molar-refractivity contribution in [1.29, 1.82) is 0 Å². The first kappa shape index (κ1) is 18.3. The molecular weight excluding hydrogens is 537 g/mol. The average Bonchev–Trinajstić information content (AvgIpc) is 3.22. The molecule has 4 aromatic carbocycles. The van der Waals surface area contributed by atoms with Crippen molar-refractivity contribution in [2.24, 2.45) is 0 Å². The maximum absolute atomic E-state index is 2.29. The van der Waals surface area contributed by atoms with Crippen LogP contribution in [0.5, 0.6) is 0 Å².